The molecule has 2 heterocycles. The molecule has 1 saturated heterocycles. The van der Waals surface area contributed by atoms with E-state index in [2.05, 4.69) is 46.2 Å². The van der Waals surface area contributed by atoms with Crippen molar-refractivity contribution in [3.8, 4) is 0 Å². The lowest BCUT2D eigenvalue weighted by atomic mass is 10.1. The van der Waals surface area contributed by atoms with Crippen molar-refractivity contribution < 1.29 is 4.74 Å². The van der Waals surface area contributed by atoms with Gasteiger partial charge in [-0.1, -0.05) is 12.1 Å². The van der Waals surface area contributed by atoms with E-state index in [0.717, 1.165) is 43.4 Å². The molecule has 6 nitrogen and oxygen atoms in total. The molecule has 2 aromatic rings. The smallest absolute Gasteiger partial charge is 0.193 e. The van der Waals surface area contributed by atoms with Crippen LogP contribution in [-0.2, 0) is 11.3 Å². The minimum absolute atomic E-state index is 0. The second-order valence-corrected chi connectivity index (χ2v) is 6.21. The summed E-state index contributed by atoms with van der Waals surface area (Å²) < 4.78 is 5.42. The van der Waals surface area contributed by atoms with E-state index in [-0.39, 0.29) is 24.0 Å². The largest absolute Gasteiger partial charge is 0.378 e. The molecule has 0 unspecified atom stereocenters. The van der Waals surface area contributed by atoms with Crippen LogP contribution < -0.4 is 16.0 Å². The first-order valence-electron chi connectivity index (χ1n) is 8.54. The van der Waals surface area contributed by atoms with E-state index < -0.39 is 0 Å². The number of aryl methyl sites for hydroxylation is 2. The topological polar surface area (TPSA) is 75.8 Å². The van der Waals surface area contributed by atoms with Crippen LogP contribution in [0.1, 0.15) is 16.7 Å². The Hall–Kier alpha value is -1.87. The molecule has 0 saturated carbocycles. The summed E-state index contributed by atoms with van der Waals surface area (Å²) in [6.07, 6.45) is 1.81. The number of halogens is 1. The van der Waals surface area contributed by atoms with E-state index in [0.29, 0.717) is 12.5 Å². The number of pyridine rings is 1. The van der Waals surface area contributed by atoms with Crippen molar-refractivity contribution in [2.45, 2.75) is 20.4 Å². The van der Waals surface area contributed by atoms with Gasteiger partial charge in [0.25, 0.3) is 0 Å². The molecule has 3 rings (SSSR count). The fraction of sp³-hybridized carbons (Fsp3) is 0.368. The zero-order valence-corrected chi connectivity index (χ0v) is 17.6. The Morgan fingerprint density at radius 3 is 2.73 bits per heavy atom. The number of nitrogens with two attached hydrogens (primary N) is 1. The van der Waals surface area contributed by atoms with E-state index in [1.54, 1.807) is 0 Å². The molecule has 0 amide bonds. The van der Waals surface area contributed by atoms with Crippen molar-refractivity contribution in [1.82, 2.24) is 4.98 Å². The molecule has 0 atom stereocenters. The molecule has 0 radical (unpaired) electrons. The van der Waals surface area contributed by atoms with Gasteiger partial charge < -0.3 is 20.7 Å². The van der Waals surface area contributed by atoms with Gasteiger partial charge in [0.15, 0.2) is 5.96 Å². The summed E-state index contributed by atoms with van der Waals surface area (Å²) in [5.74, 6) is 1.37. The van der Waals surface area contributed by atoms with Crippen molar-refractivity contribution in [2.75, 3.05) is 36.5 Å². The second kappa shape index (κ2) is 9.72. The van der Waals surface area contributed by atoms with Gasteiger partial charge in [-0.15, -0.1) is 24.0 Å². The van der Waals surface area contributed by atoms with E-state index in [9.17, 15) is 0 Å². The number of ether oxygens (including phenoxy) is 1. The molecule has 3 N–H and O–H groups in total. The Morgan fingerprint density at radius 1 is 1.23 bits per heavy atom. The van der Waals surface area contributed by atoms with Crippen LogP contribution in [0.2, 0.25) is 0 Å². The van der Waals surface area contributed by atoms with Gasteiger partial charge in [-0.05, 0) is 43.2 Å². The van der Waals surface area contributed by atoms with Gasteiger partial charge in [0.2, 0.25) is 0 Å². The Morgan fingerprint density at radius 2 is 2.00 bits per heavy atom. The molecule has 0 spiro atoms. The summed E-state index contributed by atoms with van der Waals surface area (Å²) >= 11 is 0. The number of morpholine rings is 1. The molecule has 1 fully saturated rings. The summed E-state index contributed by atoms with van der Waals surface area (Å²) in [6.45, 7) is 7.83. The predicted octanol–water partition coefficient (Wildman–Crippen LogP) is 3.08. The summed E-state index contributed by atoms with van der Waals surface area (Å²) in [5, 5.41) is 3.15. The van der Waals surface area contributed by atoms with Crippen LogP contribution in [0.4, 0.5) is 11.5 Å². The standard InChI is InChI=1S/C19H25N5O.HI/c1-14-5-6-17(12-15(14)2)23-19(20)22-13-16-4-3-7-21-18(16)24-8-10-25-11-9-24;/h3-7,12H,8-11,13H2,1-2H3,(H3,20,22,23);1H. The number of hydrogen-bond donors (Lipinski definition) is 2. The van der Waals surface area contributed by atoms with Crippen molar-refractivity contribution >= 4 is 41.4 Å². The number of hydrogen-bond acceptors (Lipinski definition) is 4. The third-order valence-corrected chi connectivity index (χ3v) is 4.38. The molecule has 140 valence electrons. The molecule has 1 aliphatic heterocycles. The van der Waals surface area contributed by atoms with Gasteiger partial charge in [-0.25, -0.2) is 9.98 Å². The number of nitrogens with zero attached hydrogens (tertiary/aromatic N) is 3. The molecule has 26 heavy (non-hydrogen) atoms. The lowest BCUT2D eigenvalue weighted by Crippen LogP contribution is -2.37. The fourth-order valence-electron chi connectivity index (χ4n) is 2.79. The number of nitrogens with one attached hydrogen (secondary N) is 1. The molecule has 1 aliphatic rings. The lowest BCUT2D eigenvalue weighted by Gasteiger charge is -2.29. The van der Waals surface area contributed by atoms with Crippen LogP contribution in [0.3, 0.4) is 0 Å². The highest BCUT2D eigenvalue weighted by Crippen LogP contribution is 2.19. The molecule has 0 aliphatic carbocycles. The Balaban J connectivity index is 0.00000243. The van der Waals surface area contributed by atoms with E-state index in [1.165, 1.54) is 11.1 Å². The summed E-state index contributed by atoms with van der Waals surface area (Å²) in [7, 11) is 0. The van der Waals surface area contributed by atoms with Gasteiger partial charge in [-0.2, -0.15) is 0 Å². The van der Waals surface area contributed by atoms with Crippen LogP contribution in [0.15, 0.2) is 41.5 Å². The number of guanidine groups is 1. The van der Waals surface area contributed by atoms with Crippen LogP contribution >= 0.6 is 24.0 Å². The summed E-state index contributed by atoms with van der Waals surface area (Å²) in [5.41, 5.74) is 10.5. The van der Waals surface area contributed by atoms with Gasteiger partial charge in [0.1, 0.15) is 5.82 Å². The van der Waals surface area contributed by atoms with E-state index in [1.807, 2.05) is 24.4 Å². The molecular weight excluding hydrogens is 441 g/mol. The number of rotatable bonds is 4. The SMILES string of the molecule is Cc1ccc(NC(N)=NCc2cccnc2N2CCOCC2)cc1C.I. The van der Waals surface area contributed by atoms with E-state index in [4.69, 9.17) is 10.5 Å². The maximum absolute atomic E-state index is 6.06. The Labute approximate surface area is 171 Å². The molecule has 7 heteroatoms. The zero-order valence-electron chi connectivity index (χ0n) is 15.2. The summed E-state index contributed by atoms with van der Waals surface area (Å²) in [6, 6.07) is 10.1. The lowest BCUT2D eigenvalue weighted by molar-refractivity contribution is 0.122. The van der Waals surface area contributed by atoms with Gasteiger partial charge in [0.05, 0.1) is 19.8 Å². The maximum atomic E-state index is 6.06. The van der Waals surface area contributed by atoms with E-state index >= 15 is 0 Å². The average Bonchev–Trinajstić information content (AvgIpc) is 2.64. The fourth-order valence-corrected chi connectivity index (χ4v) is 2.79. The van der Waals surface area contributed by atoms with Crippen LogP contribution in [0.5, 0.6) is 0 Å². The average molecular weight is 467 g/mol. The third-order valence-electron chi connectivity index (χ3n) is 4.38. The molecule has 1 aromatic heterocycles. The predicted molar refractivity (Wildman–Crippen MR) is 118 cm³/mol. The number of aliphatic imine (C=N–C) groups is 1. The monoisotopic (exact) mass is 467 g/mol. The summed E-state index contributed by atoms with van der Waals surface area (Å²) in [4.78, 5) is 11.2. The molecule has 1 aromatic carbocycles. The highest BCUT2D eigenvalue weighted by Gasteiger charge is 2.15. The van der Waals surface area contributed by atoms with Crippen molar-refractivity contribution in [3.63, 3.8) is 0 Å². The molecule has 0 bridgehead atoms. The van der Waals surface area contributed by atoms with Crippen LogP contribution in [0.25, 0.3) is 0 Å². The quantitative estimate of drug-likeness (QED) is 0.411. The number of benzene rings is 1. The van der Waals surface area contributed by atoms with Crippen molar-refractivity contribution in [3.05, 3.63) is 53.2 Å². The highest BCUT2D eigenvalue weighted by atomic mass is 127. The number of anilines is 2. The minimum atomic E-state index is 0. The maximum Gasteiger partial charge on any atom is 0.193 e. The normalized spacial score (nSPS) is 14.7. The first kappa shape index (κ1) is 20.4. The Bertz CT molecular complexity index is 759. The van der Waals surface area contributed by atoms with Gasteiger partial charge >= 0.3 is 0 Å². The number of aromatic nitrogens is 1. The highest BCUT2D eigenvalue weighted by molar-refractivity contribution is 14.0. The third kappa shape index (κ3) is 5.31. The van der Waals surface area contributed by atoms with Crippen molar-refractivity contribution in [2.24, 2.45) is 10.7 Å². The molecular formula is C19H26IN5O. The first-order valence-corrected chi connectivity index (χ1v) is 8.54. The zero-order chi connectivity index (χ0) is 17.6. The Kier molecular flexibility index (Phi) is 7.65. The van der Waals surface area contributed by atoms with Crippen molar-refractivity contribution in [1.29, 1.82) is 0 Å². The van der Waals surface area contributed by atoms with Crippen LogP contribution in [0, 0.1) is 13.8 Å². The first-order chi connectivity index (χ1) is 12.1. The van der Waals surface area contributed by atoms with Gasteiger partial charge in [-0.3, -0.25) is 0 Å². The second-order valence-electron chi connectivity index (χ2n) is 6.21. The minimum Gasteiger partial charge on any atom is -0.378 e. The van der Waals surface area contributed by atoms with Gasteiger partial charge in [0, 0.05) is 30.5 Å². The van der Waals surface area contributed by atoms with Crippen LogP contribution in [-0.4, -0.2) is 37.2 Å².